The number of nitrogens with one attached hydrogen (secondary N) is 1. The molecule has 0 spiro atoms. The van der Waals surface area contributed by atoms with E-state index in [9.17, 15) is 9.59 Å². The minimum atomic E-state index is -0.150. The molecule has 1 N–H and O–H groups in total. The molecule has 0 aliphatic carbocycles. The van der Waals surface area contributed by atoms with Gasteiger partial charge in [-0.25, -0.2) is 4.79 Å². The fourth-order valence-electron chi connectivity index (χ4n) is 3.94. The highest BCUT2D eigenvalue weighted by atomic mass is 35.5. The molecule has 3 aromatic rings. The highest BCUT2D eigenvalue weighted by molar-refractivity contribution is 6.31. The first-order valence-corrected chi connectivity index (χ1v) is 10.5. The van der Waals surface area contributed by atoms with E-state index in [2.05, 4.69) is 5.32 Å². The van der Waals surface area contributed by atoms with Crippen LogP contribution in [0.1, 0.15) is 21.5 Å². The van der Waals surface area contributed by atoms with Gasteiger partial charge in [-0.1, -0.05) is 41.9 Å². The van der Waals surface area contributed by atoms with Gasteiger partial charge in [0.2, 0.25) is 0 Å². The molecule has 1 fully saturated rings. The zero-order valence-electron chi connectivity index (χ0n) is 16.7. The van der Waals surface area contributed by atoms with Crippen LogP contribution >= 0.6 is 11.6 Å². The maximum absolute atomic E-state index is 13.6. The summed E-state index contributed by atoms with van der Waals surface area (Å²) in [5.41, 5.74) is 2.90. The molecular weight excluding hydrogens is 414 g/mol. The Bertz CT molecular complexity index is 1180. The van der Waals surface area contributed by atoms with E-state index in [0.29, 0.717) is 54.0 Å². The maximum atomic E-state index is 13.6. The Morgan fingerprint density at radius 2 is 1.77 bits per heavy atom. The number of ether oxygens (including phenoxy) is 1. The summed E-state index contributed by atoms with van der Waals surface area (Å²) in [6, 6.07) is 20.2. The Morgan fingerprint density at radius 1 is 0.968 bits per heavy atom. The lowest BCUT2D eigenvalue weighted by Gasteiger charge is -2.28. The molecule has 1 saturated heterocycles. The van der Waals surface area contributed by atoms with Crippen LogP contribution in [0.4, 0.5) is 10.5 Å². The first kappa shape index (κ1) is 19.5. The molecule has 5 rings (SSSR count). The molecule has 0 saturated carbocycles. The van der Waals surface area contributed by atoms with Gasteiger partial charge in [0.1, 0.15) is 11.5 Å². The van der Waals surface area contributed by atoms with Crippen molar-refractivity contribution in [3.63, 3.8) is 0 Å². The highest BCUT2D eigenvalue weighted by Crippen LogP contribution is 2.36. The number of para-hydroxylation sites is 1. The van der Waals surface area contributed by atoms with Gasteiger partial charge in [0.05, 0.1) is 13.1 Å². The zero-order chi connectivity index (χ0) is 21.4. The maximum Gasteiger partial charge on any atom is 0.321 e. The van der Waals surface area contributed by atoms with E-state index in [0.717, 1.165) is 11.1 Å². The molecule has 7 heteroatoms. The van der Waals surface area contributed by atoms with Crippen LogP contribution in [-0.4, -0.2) is 29.9 Å². The number of amides is 3. The van der Waals surface area contributed by atoms with Crippen molar-refractivity contribution in [2.24, 2.45) is 0 Å². The number of benzene rings is 3. The number of urea groups is 1. The largest absolute Gasteiger partial charge is 0.457 e. The number of hydrogen-bond donors (Lipinski definition) is 1. The van der Waals surface area contributed by atoms with Crippen molar-refractivity contribution in [3.05, 3.63) is 88.4 Å². The average molecular weight is 434 g/mol. The monoisotopic (exact) mass is 433 g/mol. The molecule has 3 aromatic carbocycles. The molecule has 3 amide bonds. The SMILES string of the molecule is O=C(c1cccc(N2CCNC2=O)c1)N1Cc2ccccc2Oc2cccc(Cl)c2C1. The fraction of sp³-hybridized carbons (Fsp3) is 0.167. The van der Waals surface area contributed by atoms with Gasteiger partial charge in [-0.05, 0) is 36.4 Å². The van der Waals surface area contributed by atoms with Gasteiger partial charge >= 0.3 is 6.03 Å². The third-order valence-electron chi connectivity index (χ3n) is 5.53. The van der Waals surface area contributed by atoms with E-state index in [4.69, 9.17) is 16.3 Å². The first-order valence-electron chi connectivity index (χ1n) is 10.1. The van der Waals surface area contributed by atoms with Crippen molar-refractivity contribution in [1.82, 2.24) is 10.2 Å². The summed E-state index contributed by atoms with van der Waals surface area (Å²) in [6.45, 7) is 1.87. The van der Waals surface area contributed by atoms with Gasteiger partial charge in [0.15, 0.2) is 0 Å². The zero-order valence-corrected chi connectivity index (χ0v) is 17.4. The average Bonchev–Trinajstić information content (AvgIpc) is 3.20. The van der Waals surface area contributed by atoms with E-state index < -0.39 is 0 Å². The van der Waals surface area contributed by atoms with E-state index >= 15 is 0 Å². The quantitative estimate of drug-likeness (QED) is 0.630. The lowest BCUT2D eigenvalue weighted by Crippen LogP contribution is -2.32. The lowest BCUT2D eigenvalue weighted by atomic mass is 10.1. The second-order valence-corrected chi connectivity index (χ2v) is 7.93. The number of carbonyl (C=O) groups is 2. The molecule has 0 bridgehead atoms. The molecule has 31 heavy (non-hydrogen) atoms. The topological polar surface area (TPSA) is 61.9 Å². The predicted octanol–water partition coefficient (Wildman–Crippen LogP) is 4.82. The Hall–Kier alpha value is -3.51. The second-order valence-electron chi connectivity index (χ2n) is 7.52. The van der Waals surface area contributed by atoms with Crippen LogP contribution in [-0.2, 0) is 13.1 Å². The second kappa shape index (κ2) is 7.96. The normalized spacial score (nSPS) is 15.3. The third kappa shape index (κ3) is 3.70. The highest BCUT2D eigenvalue weighted by Gasteiger charge is 2.26. The van der Waals surface area contributed by atoms with Gasteiger partial charge in [0, 0.05) is 40.5 Å². The van der Waals surface area contributed by atoms with Crippen LogP contribution in [0.5, 0.6) is 11.5 Å². The molecule has 2 heterocycles. The summed E-state index contributed by atoms with van der Waals surface area (Å²) in [5, 5.41) is 3.34. The summed E-state index contributed by atoms with van der Waals surface area (Å²) in [6.07, 6.45) is 0. The lowest BCUT2D eigenvalue weighted by molar-refractivity contribution is 0.0725. The van der Waals surface area contributed by atoms with E-state index in [1.54, 1.807) is 34.1 Å². The Labute approximate surface area is 185 Å². The number of anilines is 1. The number of rotatable bonds is 2. The van der Waals surface area contributed by atoms with Crippen molar-refractivity contribution in [3.8, 4) is 11.5 Å². The minimum Gasteiger partial charge on any atom is -0.457 e. The van der Waals surface area contributed by atoms with E-state index in [1.165, 1.54) is 0 Å². The van der Waals surface area contributed by atoms with Crippen molar-refractivity contribution in [2.45, 2.75) is 13.1 Å². The summed E-state index contributed by atoms with van der Waals surface area (Å²) < 4.78 is 6.12. The van der Waals surface area contributed by atoms with Crippen LogP contribution in [0, 0.1) is 0 Å². The molecule has 0 atom stereocenters. The van der Waals surface area contributed by atoms with Crippen molar-refractivity contribution in [1.29, 1.82) is 0 Å². The minimum absolute atomic E-state index is 0.135. The molecule has 6 nitrogen and oxygen atoms in total. The van der Waals surface area contributed by atoms with E-state index in [1.807, 2.05) is 42.5 Å². The Morgan fingerprint density at radius 3 is 2.61 bits per heavy atom. The summed E-state index contributed by atoms with van der Waals surface area (Å²) in [4.78, 5) is 29.0. The van der Waals surface area contributed by atoms with Gasteiger partial charge in [-0.3, -0.25) is 9.69 Å². The van der Waals surface area contributed by atoms with Crippen LogP contribution in [0.15, 0.2) is 66.7 Å². The standard InChI is InChI=1S/C24H20ClN3O3/c25-20-8-4-10-22-19(20)15-27(14-17-5-1-2-9-21(17)31-22)23(29)16-6-3-7-18(13-16)28-12-11-26-24(28)30/h1-10,13H,11-12,14-15H2,(H,26,30). The molecular formula is C24H20ClN3O3. The van der Waals surface area contributed by atoms with Crippen molar-refractivity contribution in [2.75, 3.05) is 18.0 Å². The number of hydrogen-bond acceptors (Lipinski definition) is 3. The number of halogens is 1. The Balaban J connectivity index is 1.53. The van der Waals surface area contributed by atoms with Gasteiger partial charge < -0.3 is 15.0 Å². The Kier molecular flexibility index (Phi) is 5.00. The molecule has 0 aromatic heterocycles. The van der Waals surface area contributed by atoms with Crippen LogP contribution < -0.4 is 15.0 Å². The third-order valence-corrected chi connectivity index (χ3v) is 5.88. The summed E-state index contributed by atoms with van der Waals surface area (Å²) >= 11 is 6.47. The summed E-state index contributed by atoms with van der Waals surface area (Å²) in [7, 11) is 0. The molecule has 0 radical (unpaired) electrons. The van der Waals surface area contributed by atoms with Crippen LogP contribution in [0.25, 0.3) is 0 Å². The van der Waals surface area contributed by atoms with Crippen LogP contribution in [0.2, 0.25) is 5.02 Å². The predicted molar refractivity (Wildman–Crippen MR) is 119 cm³/mol. The number of nitrogens with zero attached hydrogens (tertiary/aromatic N) is 2. The van der Waals surface area contributed by atoms with Crippen molar-refractivity contribution >= 4 is 29.2 Å². The molecule has 2 aliphatic rings. The number of carbonyl (C=O) groups excluding carboxylic acids is 2. The molecule has 2 aliphatic heterocycles. The van der Waals surface area contributed by atoms with Crippen molar-refractivity contribution < 1.29 is 14.3 Å². The molecule has 0 unspecified atom stereocenters. The number of fused-ring (bicyclic) bond motifs is 2. The molecule has 156 valence electrons. The van der Waals surface area contributed by atoms with Gasteiger partial charge in [-0.15, -0.1) is 0 Å². The summed E-state index contributed by atoms with van der Waals surface area (Å²) in [5.74, 6) is 1.20. The smallest absolute Gasteiger partial charge is 0.321 e. The van der Waals surface area contributed by atoms with Gasteiger partial charge in [0.25, 0.3) is 5.91 Å². The first-order chi connectivity index (χ1) is 15.1. The van der Waals surface area contributed by atoms with Gasteiger partial charge in [-0.2, -0.15) is 0 Å². The fourth-order valence-corrected chi connectivity index (χ4v) is 4.17. The van der Waals surface area contributed by atoms with Crippen LogP contribution in [0.3, 0.4) is 0 Å². The van der Waals surface area contributed by atoms with E-state index in [-0.39, 0.29) is 11.9 Å².